The van der Waals surface area contributed by atoms with Crippen molar-refractivity contribution >= 4 is 11.7 Å². The van der Waals surface area contributed by atoms with Crippen LogP contribution in [0.1, 0.15) is 105 Å². The number of ketones is 1. The van der Waals surface area contributed by atoms with E-state index in [-0.39, 0.29) is 5.91 Å². The Morgan fingerprint density at radius 2 is 1.80 bits per heavy atom. The monoisotopic (exact) mass is 420 g/mol. The van der Waals surface area contributed by atoms with Crippen molar-refractivity contribution in [1.29, 1.82) is 0 Å². The van der Waals surface area contributed by atoms with Gasteiger partial charge in [-0.2, -0.15) is 0 Å². The highest BCUT2D eigenvalue weighted by molar-refractivity contribution is 5.80. The van der Waals surface area contributed by atoms with E-state index < -0.39 is 0 Å². The first-order chi connectivity index (χ1) is 14.3. The number of unbranched alkanes of at least 4 members (excludes halogenated alkanes) is 1. The quantitative estimate of drug-likeness (QED) is 0.252. The first-order valence-corrected chi connectivity index (χ1v) is 12.5. The van der Waals surface area contributed by atoms with E-state index >= 15 is 0 Å². The minimum absolute atomic E-state index is 0.204. The van der Waals surface area contributed by atoms with E-state index in [0.717, 1.165) is 50.3 Å². The molecule has 2 unspecified atom stereocenters. The maximum absolute atomic E-state index is 12.2. The molecule has 1 saturated carbocycles. The smallest absolute Gasteiger partial charge is 0.220 e. The van der Waals surface area contributed by atoms with Crippen LogP contribution in [0.5, 0.6) is 0 Å². The zero-order valence-electron chi connectivity index (χ0n) is 20.2. The number of allylic oxidation sites excluding steroid dienone is 1. The van der Waals surface area contributed by atoms with E-state index in [4.69, 9.17) is 0 Å². The number of carbonyl (C=O) groups excluding carboxylic acids is 2. The van der Waals surface area contributed by atoms with Crippen LogP contribution in [0.2, 0.25) is 0 Å². The van der Waals surface area contributed by atoms with E-state index in [1.807, 2.05) is 0 Å². The molecule has 0 aliphatic heterocycles. The van der Waals surface area contributed by atoms with Crippen LogP contribution in [0.3, 0.4) is 0 Å². The third kappa shape index (κ3) is 12.4. The second kappa shape index (κ2) is 15.5. The maximum atomic E-state index is 12.2. The van der Waals surface area contributed by atoms with Gasteiger partial charge in [-0.15, -0.1) is 0 Å². The Kier molecular flexibility index (Phi) is 13.8. The van der Waals surface area contributed by atoms with E-state index in [9.17, 15) is 9.59 Å². The summed E-state index contributed by atoms with van der Waals surface area (Å²) in [7, 11) is 0. The minimum Gasteiger partial charge on any atom is -0.382 e. The van der Waals surface area contributed by atoms with Crippen molar-refractivity contribution in [3.05, 3.63) is 12.3 Å². The summed E-state index contributed by atoms with van der Waals surface area (Å²) in [6.45, 7) is 13.9. The number of hydrogen-bond donors (Lipinski definition) is 2. The molecular formula is C26H48N2O2. The lowest BCUT2D eigenvalue weighted by molar-refractivity contribution is -0.121. The second-order valence-electron chi connectivity index (χ2n) is 10.00. The number of hydrogen-bond acceptors (Lipinski definition) is 3. The van der Waals surface area contributed by atoms with E-state index in [1.165, 1.54) is 32.1 Å². The molecule has 2 N–H and O–H groups in total. The van der Waals surface area contributed by atoms with Gasteiger partial charge in [-0.05, 0) is 49.4 Å². The highest BCUT2D eigenvalue weighted by Crippen LogP contribution is 2.36. The molecule has 30 heavy (non-hydrogen) atoms. The van der Waals surface area contributed by atoms with Gasteiger partial charge in [-0.25, -0.2) is 0 Å². The molecule has 0 radical (unpaired) electrons. The Bertz CT molecular complexity index is 515. The predicted octanol–water partition coefficient (Wildman–Crippen LogP) is 6.01. The Morgan fingerprint density at radius 3 is 2.50 bits per heavy atom. The molecule has 0 bridgehead atoms. The van der Waals surface area contributed by atoms with Gasteiger partial charge < -0.3 is 10.6 Å². The van der Waals surface area contributed by atoms with Crippen LogP contribution < -0.4 is 10.6 Å². The van der Waals surface area contributed by atoms with Gasteiger partial charge in [0.25, 0.3) is 0 Å². The molecule has 0 heterocycles. The molecule has 1 fully saturated rings. The topological polar surface area (TPSA) is 58.2 Å². The molecule has 0 aromatic heterocycles. The fourth-order valence-corrected chi connectivity index (χ4v) is 4.65. The Labute approximate surface area is 186 Å². The number of nitrogens with one attached hydrogen (secondary N) is 2. The van der Waals surface area contributed by atoms with Crippen LogP contribution in [0.15, 0.2) is 12.3 Å². The van der Waals surface area contributed by atoms with Gasteiger partial charge in [0, 0.05) is 25.1 Å². The zero-order chi connectivity index (χ0) is 22.4. The molecule has 0 aromatic rings. The molecule has 0 saturated heterocycles. The Hall–Kier alpha value is -1.32. The van der Waals surface area contributed by atoms with Gasteiger partial charge in [0.15, 0.2) is 5.78 Å². The van der Waals surface area contributed by atoms with E-state index in [2.05, 4.69) is 44.9 Å². The zero-order valence-corrected chi connectivity index (χ0v) is 20.2. The third-order valence-electron chi connectivity index (χ3n) is 6.55. The lowest BCUT2D eigenvalue weighted by Crippen LogP contribution is -2.26. The summed E-state index contributed by atoms with van der Waals surface area (Å²) in [5.41, 5.74) is 0.980. The fraction of sp³-hybridized carbons (Fsp3) is 0.846. The average molecular weight is 421 g/mol. The highest BCUT2D eigenvalue weighted by atomic mass is 16.1. The normalized spacial score (nSPS) is 21.8. The summed E-state index contributed by atoms with van der Waals surface area (Å²) in [4.78, 5) is 24.1. The summed E-state index contributed by atoms with van der Waals surface area (Å²) >= 11 is 0. The molecule has 4 heteroatoms. The summed E-state index contributed by atoms with van der Waals surface area (Å²) in [5.74, 6) is 3.20. The van der Waals surface area contributed by atoms with Crippen LogP contribution in [0, 0.1) is 23.7 Å². The molecule has 1 amide bonds. The third-order valence-corrected chi connectivity index (χ3v) is 6.55. The largest absolute Gasteiger partial charge is 0.382 e. The van der Waals surface area contributed by atoms with Gasteiger partial charge in [0.2, 0.25) is 5.91 Å². The van der Waals surface area contributed by atoms with Crippen molar-refractivity contribution in [2.24, 2.45) is 23.7 Å². The molecule has 4 nitrogen and oxygen atoms in total. The summed E-state index contributed by atoms with van der Waals surface area (Å²) < 4.78 is 0. The van der Waals surface area contributed by atoms with Crippen molar-refractivity contribution in [2.45, 2.75) is 105 Å². The number of rotatable bonds is 15. The van der Waals surface area contributed by atoms with Crippen LogP contribution in [-0.4, -0.2) is 24.8 Å². The Morgan fingerprint density at radius 1 is 1.03 bits per heavy atom. The van der Waals surface area contributed by atoms with Crippen molar-refractivity contribution in [2.75, 3.05) is 13.1 Å². The van der Waals surface area contributed by atoms with Crippen molar-refractivity contribution in [3.63, 3.8) is 0 Å². The van der Waals surface area contributed by atoms with Gasteiger partial charge in [0.05, 0.1) is 6.54 Å². The molecule has 1 rings (SSSR count). The first-order valence-electron chi connectivity index (χ1n) is 12.5. The fourth-order valence-electron chi connectivity index (χ4n) is 4.65. The summed E-state index contributed by atoms with van der Waals surface area (Å²) in [6, 6.07) is 0. The van der Waals surface area contributed by atoms with Gasteiger partial charge in [-0.1, -0.05) is 72.8 Å². The van der Waals surface area contributed by atoms with E-state index in [0.29, 0.717) is 42.9 Å². The lowest BCUT2D eigenvalue weighted by Gasteiger charge is -2.23. The maximum Gasteiger partial charge on any atom is 0.220 e. The van der Waals surface area contributed by atoms with Crippen LogP contribution in [0.4, 0.5) is 0 Å². The molecule has 0 spiro atoms. The number of carbonyl (C=O) groups is 2. The van der Waals surface area contributed by atoms with Crippen molar-refractivity contribution in [3.8, 4) is 0 Å². The van der Waals surface area contributed by atoms with Gasteiger partial charge in [-0.3, -0.25) is 9.59 Å². The standard InChI is InChI=1S/C26H48N2O2/c1-6-10-22(5)27-19-25(29)16-15-24-13-9-12-23(17-21(24)4)11-7-8-14-26(30)28-18-20(2)3/h20-21,23-24,27H,5-19H2,1-4H3,(H,28,30)/t21?,23-,24?/m1/s1. The van der Waals surface area contributed by atoms with Gasteiger partial charge in [0.1, 0.15) is 0 Å². The SMILES string of the molecule is C=C(CCC)NCC(=O)CCC1CCC[C@@H](CCCCC(=O)NCC(C)C)CC1C. The Balaban J connectivity index is 2.22. The highest BCUT2D eigenvalue weighted by Gasteiger charge is 2.25. The molecule has 1 aliphatic rings. The predicted molar refractivity (Wildman–Crippen MR) is 127 cm³/mol. The first kappa shape index (κ1) is 26.7. The summed E-state index contributed by atoms with van der Waals surface area (Å²) in [6.07, 6.45) is 12.9. The molecular weight excluding hydrogens is 372 g/mol. The number of Topliss-reactive ketones (excluding diaryl/α,β-unsaturated/α-hetero) is 1. The van der Waals surface area contributed by atoms with Gasteiger partial charge >= 0.3 is 0 Å². The van der Waals surface area contributed by atoms with Crippen LogP contribution in [-0.2, 0) is 9.59 Å². The number of amides is 1. The van der Waals surface area contributed by atoms with Crippen LogP contribution in [0.25, 0.3) is 0 Å². The summed E-state index contributed by atoms with van der Waals surface area (Å²) in [5, 5.41) is 6.19. The lowest BCUT2D eigenvalue weighted by atomic mass is 9.83. The second-order valence-corrected chi connectivity index (χ2v) is 10.00. The minimum atomic E-state index is 0.204. The molecule has 174 valence electrons. The molecule has 3 atom stereocenters. The van der Waals surface area contributed by atoms with E-state index in [1.54, 1.807) is 0 Å². The average Bonchev–Trinajstić information content (AvgIpc) is 2.87. The van der Waals surface area contributed by atoms with Crippen molar-refractivity contribution in [1.82, 2.24) is 10.6 Å². The molecule has 0 aromatic carbocycles. The van der Waals surface area contributed by atoms with Crippen molar-refractivity contribution < 1.29 is 9.59 Å². The van der Waals surface area contributed by atoms with Crippen LogP contribution >= 0.6 is 0 Å². The molecule has 1 aliphatic carbocycles.